The highest BCUT2D eigenvalue weighted by molar-refractivity contribution is 7.92. The summed E-state index contributed by atoms with van der Waals surface area (Å²) in [6.45, 7) is 5.57. The summed E-state index contributed by atoms with van der Waals surface area (Å²) in [4.78, 5) is 12.8. The van der Waals surface area contributed by atoms with Crippen molar-refractivity contribution in [2.45, 2.75) is 38.8 Å². The molecule has 1 heterocycles. The SMILES string of the molecule is Cc1ccc2c(c1)OC(C)(C)C[C@H]2NC(=O)CN(c1cccc(Cl)c1)S(C)(=O)=O. The molecule has 156 valence electrons. The molecule has 1 aliphatic rings. The fourth-order valence-corrected chi connectivity index (χ4v) is 4.52. The minimum absolute atomic E-state index is 0.275. The molecular weight excluding hydrogens is 412 g/mol. The second-order valence-electron chi connectivity index (χ2n) is 7.98. The number of fused-ring (bicyclic) bond motifs is 1. The molecule has 0 aliphatic carbocycles. The van der Waals surface area contributed by atoms with Crippen LogP contribution in [-0.2, 0) is 14.8 Å². The topological polar surface area (TPSA) is 75.7 Å². The largest absolute Gasteiger partial charge is 0.487 e. The molecule has 1 amide bonds. The van der Waals surface area contributed by atoms with Gasteiger partial charge < -0.3 is 10.1 Å². The van der Waals surface area contributed by atoms with Crippen LogP contribution in [0.15, 0.2) is 42.5 Å². The van der Waals surface area contributed by atoms with Crippen LogP contribution in [0.4, 0.5) is 5.69 Å². The Balaban J connectivity index is 1.84. The number of hydrogen-bond acceptors (Lipinski definition) is 4. The maximum absolute atomic E-state index is 12.8. The van der Waals surface area contributed by atoms with Crippen LogP contribution in [0.3, 0.4) is 0 Å². The lowest BCUT2D eigenvalue weighted by molar-refractivity contribution is -0.120. The number of nitrogens with zero attached hydrogens (tertiary/aromatic N) is 1. The maximum atomic E-state index is 12.8. The van der Waals surface area contributed by atoms with Crippen LogP contribution >= 0.6 is 11.6 Å². The molecule has 1 aliphatic heterocycles. The van der Waals surface area contributed by atoms with Gasteiger partial charge in [0.25, 0.3) is 0 Å². The van der Waals surface area contributed by atoms with Gasteiger partial charge in [-0.2, -0.15) is 0 Å². The summed E-state index contributed by atoms with van der Waals surface area (Å²) < 4.78 is 31.7. The first-order valence-electron chi connectivity index (χ1n) is 9.27. The van der Waals surface area contributed by atoms with E-state index in [0.29, 0.717) is 17.1 Å². The van der Waals surface area contributed by atoms with E-state index in [1.54, 1.807) is 18.2 Å². The van der Waals surface area contributed by atoms with E-state index in [9.17, 15) is 13.2 Å². The second-order valence-corrected chi connectivity index (χ2v) is 10.3. The second kappa shape index (κ2) is 7.88. The minimum Gasteiger partial charge on any atom is -0.487 e. The summed E-state index contributed by atoms with van der Waals surface area (Å²) in [5.74, 6) is 0.339. The molecule has 6 nitrogen and oxygen atoms in total. The van der Waals surface area contributed by atoms with Crippen LogP contribution in [0, 0.1) is 6.92 Å². The predicted molar refractivity (Wildman–Crippen MR) is 115 cm³/mol. The fraction of sp³-hybridized carbons (Fsp3) is 0.381. The van der Waals surface area contributed by atoms with Crippen molar-refractivity contribution in [3.8, 4) is 5.75 Å². The highest BCUT2D eigenvalue weighted by atomic mass is 35.5. The quantitative estimate of drug-likeness (QED) is 0.772. The van der Waals surface area contributed by atoms with Gasteiger partial charge in [0, 0.05) is 17.0 Å². The molecule has 2 aromatic carbocycles. The van der Waals surface area contributed by atoms with Gasteiger partial charge in [0.15, 0.2) is 0 Å². The van der Waals surface area contributed by atoms with Crippen LogP contribution in [0.5, 0.6) is 5.75 Å². The molecule has 0 radical (unpaired) electrons. The lowest BCUT2D eigenvalue weighted by Crippen LogP contribution is -2.45. The van der Waals surface area contributed by atoms with Crippen LogP contribution in [0.25, 0.3) is 0 Å². The van der Waals surface area contributed by atoms with Crippen molar-refractivity contribution in [2.75, 3.05) is 17.1 Å². The van der Waals surface area contributed by atoms with Crippen LogP contribution in [0.2, 0.25) is 5.02 Å². The number of sulfonamides is 1. The van der Waals surface area contributed by atoms with E-state index >= 15 is 0 Å². The van der Waals surface area contributed by atoms with Crippen molar-refractivity contribution in [1.29, 1.82) is 0 Å². The van der Waals surface area contributed by atoms with E-state index in [-0.39, 0.29) is 12.6 Å². The van der Waals surface area contributed by atoms with Gasteiger partial charge in [0.05, 0.1) is 18.0 Å². The zero-order valence-corrected chi connectivity index (χ0v) is 18.5. The first-order valence-corrected chi connectivity index (χ1v) is 11.5. The number of amides is 1. The Kier molecular flexibility index (Phi) is 5.83. The standard InChI is InChI=1S/C21H25ClN2O4S/c1-14-8-9-17-18(12-21(2,3)28-19(17)10-14)23-20(25)13-24(29(4,26)27)16-7-5-6-15(22)11-16/h5-11,18H,12-13H2,1-4H3,(H,23,25)/t18-/m1/s1. The van der Waals surface area contributed by atoms with Crippen molar-refractivity contribution < 1.29 is 17.9 Å². The molecule has 29 heavy (non-hydrogen) atoms. The number of benzene rings is 2. The van der Waals surface area contributed by atoms with Crippen LogP contribution < -0.4 is 14.4 Å². The molecule has 0 bridgehead atoms. The van der Waals surface area contributed by atoms with Gasteiger partial charge in [-0.3, -0.25) is 9.10 Å². The number of halogens is 1. The normalized spacial score (nSPS) is 17.8. The number of carbonyl (C=O) groups excluding carboxylic acids is 1. The molecule has 0 saturated carbocycles. The first-order chi connectivity index (χ1) is 13.4. The zero-order chi connectivity index (χ0) is 21.4. The number of carbonyl (C=O) groups is 1. The number of hydrogen-bond donors (Lipinski definition) is 1. The summed E-state index contributed by atoms with van der Waals surface area (Å²) in [7, 11) is -3.67. The summed E-state index contributed by atoms with van der Waals surface area (Å²) >= 11 is 6.00. The van der Waals surface area contributed by atoms with Gasteiger partial charge in [-0.05, 0) is 50.6 Å². The molecule has 1 N–H and O–H groups in total. The van der Waals surface area contributed by atoms with Crippen LogP contribution in [0.1, 0.15) is 37.4 Å². The Hall–Kier alpha value is -2.25. The lowest BCUT2D eigenvalue weighted by atomic mass is 9.89. The van der Waals surface area contributed by atoms with Crippen molar-refractivity contribution in [1.82, 2.24) is 5.32 Å². The highest BCUT2D eigenvalue weighted by Gasteiger charge is 2.35. The van der Waals surface area contributed by atoms with Crippen molar-refractivity contribution in [2.24, 2.45) is 0 Å². The highest BCUT2D eigenvalue weighted by Crippen LogP contribution is 2.39. The van der Waals surface area contributed by atoms with Crippen molar-refractivity contribution in [3.05, 3.63) is 58.6 Å². The van der Waals surface area contributed by atoms with E-state index in [1.807, 2.05) is 39.0 Å². The van der Waals surface area contributed by atoms with Gasteiger partial charge in [0.2, 0.25) is 15.9 Å². The number of rotatable bonds is 5. The number of aryl methyl sites for hydroxylation is 1. The fourth-order valence-electron chi connectivity index (χ4n) is 3.49. The van der Waals surface area contributed by atoms with Crippen molar-refractivity contribution in [3.63, 3.8) is 0 Å². The zero-order valence-electron chi connectivity index (χ0n) is 16.9. The van der Waals surface area contributed by atoms with Gasteiger partial charge in [-0.15, -0.1) is 0 Å². The van der Waals surface area contributed by atoms with Gasteiger partial charge in [-0.25, -0.2) is 8.42 Å². The van der Waals surface area contributed by atoms with E-state index in [4.69, 9.17) is 16.3 Å². The number of nitrogens with one attached hydrogen (secondary N) is 1. The third kappa shape index (κ3) is 5.22. The van der Waals surface area contributed by atoms with E-state index in [0.717, 1.165) is 27.4 Å². The predicted octanol–water partition coefficient (Wildman–Crippen LogP) is 3.83. The van der Waals surface area contributed by atoms with Crippen LogP contribution in [-0.4, -0.2) is 32.7 Å². The smallest absolute Gasteiger partial charge is 0.241 e. The Labute approximate surface area is 176 Å². The molecule has 0 aromatic heterocycles. The average Bonchev–Trinajstić information content (AvgIpc) is 2.57. The lowest BCUT2D eigenvalue weighted by Gasteiger charge is -2.38. The summed E-state index contributed by atoms with van der Waals surface area (Å²) in [5, 5.41) is 3.37. The first kappa shape index (κ1) is 21.5. The van der Waals surface area contributed by atoms with Gasteiger partial charge >= 0.3 is 0 Å². The monoisotopic (exact) mass is 436 g/mol. The molecule has 8 heteroatoms. The third-order valence-electron chi connectivity index (χ3n) is 4.75. The van der Waals surface area contributed by atoms with E-state index in [2.05, 4.69) is 5.32 Å². The molecular formula is C21H25ClN2O4S. The van der Waals surface area contributed by atoms with E-state index in [1.165, 1.54) is 6.07 Å². The summed E-state index contributed by atoms with van der Waals surface area (Å²) in [6, 6.07) is 12.0. The van der Waals surface area contributed by atoms with E-state index < -0.39 is 21.5 Å². The minimum atomic E-state index is -3.67. The number of anilines is 1. The Bertz CT molecular complexity index is 1040. The molecule has 3 rings (SSSR count). The third-order valence-corrected chi connectivity index (χ3v) is 6.12. The Morgan fingerprint density at radius 3 is 2.66 bits per heavy atom. The Morgan fingerprint density at radius 2 is 2.00 bits per heavy atom. The average molecular weight is 437 g/mol. The van der Waals surface area contributed by atoms with Crippen molar-refractivity contribution >= 4 is 33.2 Å². The Morgan fingerprint density at radius 1 is 1.28 bits per heavy atom. The van der Waals surface area contributed by atoms with Gasteiger partial charge in [-0.1, -0.05) is 29.8 Å². The molecule has 0 unspecified atom stereocenters. The maximum Gasteiger partial charge on any atom is 0.241 e. The summed E-state index contributed by atoms with van der Waals surface area (Å²) in [6.07, 6.45) is 1.64. The molecule has 2 aromatic rings. The molecule has 1 atom stereocenters. The number of ether oxygens (including phenoxy) is 1. The summed E-state index contributed by atoms with van der Waals surface area (Å²) in [5.41, 5.74) is 1.84. The molecule has 0 saturated heterocycles. The molecule has 0 spiro atoms. The van der Waals surface area contributed by atoms with Gasteiger partial charge in [0.1, 0.15) is 17.9 Å². The molecule has 0 fully saturated rings.